The molecule has 2 aliphatic rings. The summed E-state index contributed by atoms with van der Waals surface area (Å²) in [5, 5.41) is 3.11. The van der Waals surface area contributed by atoms with E-state index in [9.17, 15) is 19.2 Å². The maximum Gasteiger partial charge on any atom is 0.286 e. The highest BCUT2D eigenvalue weighted by Gasteiger charge is 2.48. The molecule has 140 valence electrons. The normalized spacial score (nSPS) is 22.1. The summed E-state index contributed by atoms with van der Waals surface area (Å²) in [5.41, 5.74) is 5.89. The second-order valence-corrected chi connectivity index (χ2v) is 6.97. The van der Waals surface area contributed by atoms with Crippen LogP contribution in [0.3, 0.4) is 0 Å². The Morgan fingerprint density at radius 1 is 1.11 bits per heavy atom. The highest BCUT2D eigenvalue weighted by atomic mass is 16.3. The number of benzene rings is 1. The molecule has 1 saturated heterocycles. The molecule has 3 N–H and O–H groups in total. The Kier molecular flexibility index (Phi) is 4.18. The smallest absolute Gasteiger partial charge is 0.286 e. The molecule has 0 bridgehead atoms. The molecule has 27 heavy (non-hydrogen) atoms. The van der Waals surface area contributed by atoms with Gasteiger partial charge in [-0.05, 0) is 25.0 Å². The number of carbonyl (C=O) groups excluding carboxylic acids is 4. The molecule has 2 heterocycles. The van der Waals surface area contributed by atoms with E-state index in [4.69, 9.17) is 10.2 Å². The standard InChI is InChI=1S/C19H19N3O5/c20-17(24)16-15(12-7-3-4-8-13(12)27-16)21-14(23)9-22-18(25)10-5-1-2-6-11(10)19(22)26/h3-4,7-8,10-11H,1-2,5-6,9H2,(H2,20,24)(H,21,23)/t10-,11-/m1/s1. The molecule has 0 spiro atoms. The van der Waals surface area contributed by atoms with Gasteiger partial charge in [-0.1, -0.05) is 25.0 Å². The molecule has 8 nitrogen and oxygen atoms in total. The van der Waals surface area contributed by atoms with Crippen LogP contribution in [-0.4, -0.2) is 35.1 Å². The Morgan fingerprint density at radius 3 is 2.37 bits per heavy atom. The number of carbonyl (C=O) groups is 4. The van der Waals surface area contributed by atoms with Crippen molar-refractivity contribution in [2.45, 2.75) is 25.7 Å². The van der Waals surface area contributed by atoms with Gasteiger partial charge >= 0.3 is 0 Å². The lowest BCUT2D eigenvalue weighted by molar-refractivity contribution is -0.142. The van der Waals surface area contributed by atoms with Gasteiger partial charge in [0.15, 0.2) is 0 Å². The van der Waals surface area contributed by atoms with E-state index in [-0.39, 0.29) is 41.6 Å². The molecule has 1 aliphatic carbocycles. The van der Waals surface area contributed by atoms with Crippen molar-refractivity contribution < 1.29 is 23.6 Å². The van der Waals surface area contributed by atoms with Gasteiger partial charge < -0.3 is 15.5 Å². The lowest BCUT2D eigenvalue weighted by Gasteiger charge is -2.19. The molecular weight excluding hydrogens is 350 g/mol. The second kappa shape index (κ2) is 6.53. The van der Waals surface area contributed by atoms with E-state index in [1.165, 1.54) is 0 Å². The topological polar surface area (TPSA) is 123 Å². The van der Waals surface area contributed by atoms with Crippen LogP contribution in [0, 0.1) is 11.8 Å². The van der Waals surface area contributed by atoms with Crippen molar-refractivity contribution in [3.8, 4) is 0 Å². The van der Waals surface area contributed by atoms with Crippen molar-refractivity contribution in [3.05, 3.63) is 30.0 Å². The van der Waals surface area contributed by atoms with Gasteiger partial charge in [0.05, 0.1) is 11.8 Å². The predicted molar refractivity (Wildman–Crippen MR) is 95.5 cm³/mol. The quantitative estimate of drug-likeness (QED) is 0.793. The van der Waals surface area contributed by atoms with Crippen molar-refractivity contribution in [1.29, 1.82) is 0 Å². The van der Waals surface area contributed by atoms with Crippen molar-refractivity contribution >= 4 is 40.3 Å². The minimum Gasteiger partial charge on any atom is -0.449 e. The number of amides is 4. The summed E-state index contributed by atoms with van der Waals surface area (Å²) in [4.78, 5) is 50.2. The first kappa shape index (κ1) is 17.3. The van der Waals surface area contributed by atoms with Gasteiger partial charge in [-0.15, -0.1) is 0 Å². The fourth-order valence-corrected chi connectivity index (χ4v) is 4.05. The van der Waals surface area contributed by atoms with E-state index >= 15 is 0 Å². The first-order chi connectivity index (χ1) is 13.0. The monoisotopic (exact) mass is 369 g/mol. The Labute approximate surface area is 154 Å². The van der Waals surface area contributed by atoms with E-state index in [0.717, 1.165) is 17.7 Å². The molecule has 2 aromatic rings. The van der Waals surface area contributed by atoms with Crippen molar-refractivity contribution in [2.24, 2.45) is 17.6 Å². The summed E-state index contributed by atoms with van der Waals surface area (Å²) in [7, 11) is 0. The van der Waals surface area contributed by atoms with E-state index in [2.05, 4.69) is 5.32 Å². The Bertz CT molecular complexity index is 939. The molecule has 2 fully saturated rings. The number of hydrogen-bond acceptors (Lipinski definition) is 5. The number of para-hydroxylation sites is 1. The zero-order valence-electron chi connectivity index (χ0n) is 14.6. The van der Waals surface area contributed by atoms with Gasteiger partial charge in [-0.3, -0.25) is 24.1 Å². The van der Waals surface area contributed by atoms with Crippen molar-refractivity contribution in [3.63, 3.8) is 0 Å². The number of furan rings is 1. The fraction of sp³-hybridized carbons (Fsp3) is 0.368. The molecule has 1 saturated carbocycles. The van der Waals surface area contributed by atoms with E-state index in [1.807, 2.05) is 0 Å². The third-order valence-corrected chi connectivity index (χ3v) is 5.32. The van der Waals surface area contributed by atoms with Crippen LogP contribution in [0.15, 0.2) is 28.7 Å². The molecule has 0 radical (unpaired) electrons. The highest BCUT2D eigenvalue weighted by molar-refractivity contribution is 6.13. The second-order valence-electron chi connectivity index (χ2n) is 6.97. The summed E-state index contributed by atoms with van der Waals surface area (Å²) in [6, 6.07) is 6.79. The largest absolute Gasteiger partial charge is 0.449 e. The van der Waals surface area contributed by atoms with Crippen LogP contribution in [0.5, 0.6) is 0 Å². The summed E-state index contributed by atoms with van der Waals surface area (Å²) < 4.78 is 5.41. The number of primary amides is 1. The third kappa shape index (κ3) is 2.87. The molecule has 2 atom stereocenters. The van der Waals surface area contributed by atoms with Gasteiger partial charge in [0, 0.05) is 5.39 Å². The molecule has 4 rings (SSSR count). The molecular formula is C19H19N3O5. The van der Waals surface area contributed by atoms with Gasteiger partial charge in [-0.2, -0.15) is 0 Å². The summed E-state index contributed by atoms with van der Waals surface area (Å²) in [6.45, 7) is -0.387. The van der Waals surface area contributed by atoms with Crippen LogP contribution >= 0.6 is 0 Å². The van der Waals surface area contributed by atoms with Crippen LogP contribution in [0.4, 0.5) is 5.69 Å². The van der Waals surface area contributed by atoms with Crippen molar-refractivity contribution in [1.82, 2.24) is 4.90 Å². The SMILES string of the molecule is NC(=O)c1oc2ccccc2c1NC(=O)CN1C(=O)[C@@H]2CCCC[C@H]2C1=O. The van der Waals surface area contributed by atoms with E-state index < -0.39 is 11.8 Å². The van der Waals surface area contributed by atoms with E-state index in [1.54, 1.807) is 24.3 Å². The third-order valence-electron chi connectivity index (χ3n) is 5.32. The van der Waals surface area contributed by atoms with Crippen molar-refractivity contribution in [2.75, 3.05) is 11.9 Å². The molecule has 1 aromatic heterocycles. The number of likely N-dealkylation sites (tertiary alicyclic amines) is 1. The minimum atomic E-state index is -0.819. The summed E-state index contributed by atoms with van der Waals surface area (Å²) >= 11 is 0. The number of hydrogen-bond donors (Lipinski definition) is 2. The summed E-state index contributed by atoms with van der Waals surface area (Å²) in [6.07, 6.45) is 3.21. The Hall–Kier alpha value is -3.16. The lowest BCUT2D eigenvalue weighted by atomic mass is 9.81. The Morgan fingerprint density at radius 2 is 1.74 bits per heavy atom. The molecule has 1 aromatic carbocycles. The average Bonchev–Trinajstić information content (AvgIpc) is 3.14. The number of nitrogens with two attached hydrogens (primary N) is 1. The molecule has 4 amide bonds. The lowest BCUT2D eigenvalue weighted by Crippen LogP contribution is -2.38. The number of rotatable bonds is 4. The molecule has 8 heteroatoms. The predicted octanol–water partition coefficient (Wildman–Crippen LogP) is 1.65. The van der Waals surface area contributed by atoms with Gasteiger partial charge in [0.25, 0.3) is 5.91 Å². The van der Waals surface area contributed by atoms with Crippen LogP contribution in [0.1, 0.15) is 36.2 Å². The Balaban J connectivity index is 1.56. The van der Waals surface area contributed by atoms with Crippen LogP contribution in [0.25, 0.3) is 11.0 Å². The zero-order chi connectivity index (χ0) is 19.1. The van der Waals surface area contributed by atoms with Gasteiger partial charge in [-0.25, -0.2) is 0 Å². The number of anilines is 1. The molecule has 0 unspecified atom stereocenters. The number of nitrogens with zero attached hydrogens (tertiary/aromatic N) is 1. The first-order valence-electron chi connectivity index (χ1n) is 8.93. The summed E-state index contributed by atoms with van der Waals surface area (Å²) in [5.74, 6) is -2.76. The average molecular weight is 369 g/mol. The van der Waals surface area contributed by atoms with Crippen LogP contribution < -0.4 is 11.1 Å². The highest BCUT2D eigenvalue weighted by Crippen LogP contribution is 2.38. The molecule has 1 aliphatic heterocycles. The van der Waals surface area contributed by atoms with Gasteiger partial charge in [0.1, 0.15) is 17.8 Å². The minimum absolute atomic E-state index is 0.152. The maximum absolute atomic E-state index is 12.5. The van der Waals surface area contributed by atoms with E-state index in [0.29, 0.717) is 23.8 Å². The number of nitrogens with one attached hydrogen (secondary N) is 1. The van der Waals surface area contributed by atoms with Gasteiger partial charge in [0.2, 0.25) is 23.5 Å². The fourth-order valence-electron chi connectivity index (χ4n) is 4.05. The van der Waals surface area contributed by atoms with Crippen LogP contribution in [-0.2, 0) is 14.4 Å². The zero-order valence-corrected chi connectivity index (χ0v) is 14.6. The first-order valence-corrected chi connectivity index (χ1v) is 8.93. The number of imide groups is 1. The number of fused-ring (bicyclic) bond motifs is 2. The maximum atomic E-state index is 12.5. The van der Waals surface area contributed by atoms with Crippen LogP contribution in [0.2, 0.25) is 0 Å².